The summed E-state index contributed by atoms with van der Waals surface area (Å²) in [5.74, 6) is -0.160. The molecule has 1 heterocycles. The number of hydrogen-bond acceptors (Lipinski definition) is 3. The third-order valence-electron chi connectivity index (χ3n) is 3.32. The standard InChI is InChI=1S/C14H15FN4O/c15-10-3-1-2-9(6-10)8-19(11-4-5-11)14(20)12-7-13(16)18-17-12/h1-3,6-7,11H,4-5,8H2,(H3,16,17,18). The molecule has 0 spiro atoms. The topological polar surface area (TPSA) is 75.0 Å². The molecule has 104 valence electrons. The van der Waals surface area contributed by atoms with Gasteiger partial charge in [0.2, 0.25) is 0 Å². The van der Waals surface area contributed by atoms with E-state index in [9.17, 15) is 9.18 Å². The molecule has 1 aliphatic rings. The fourth-order valence-electron chi connectivity index (χ4n) is 2.19. The van der Waals surface area contributed by atoms with Gasteiger partial charge in [0.05, 0.1) is 0 Å². The van der Waals surface area contributed by atoms with Gasteiger partial charge in [0.1, 0.15) is 17.3 Å². The number of carbonyl (C=O) groups is 1. The van der Waals surface area contributed by atoms with Crippen LogP contribution in [-0.2, 0) is 6.54 Å². The minimum Gasteiger partial charge on any atom is -0.382 e. The van der Waals surface area contributed by atoms with Crippen molar-refractivity contribution in [2.24, 2.45) is 0 Å². The van der Waals surface area contributed by atoms with Crippen LogP contribution in [-0.4, -0.2) is 27.0 Å². The number of halogens is 1. The Morgan fingerprint density at radius 3 is 2.85 bits per heavy atom. The first kappa shape index (κ1) is 12.7. The lowest BCUT2D eigenvalue weighted by Crippen LogP contribution is -2.32. The summed E-state index contributed by atoms with van der Waals surface area (Å²) < 4.78 is 13.2. The highest BCUT2D eigenvalue weighted by atomic mass is 19.1. The molecule has 1 saturated carbocycles. The summed E-state index contributed by atoms with van der Waals surface area (Å²) in [4.78, 5) is 14.2. The van der Waals surface area contributed by atoms with E-state index in [1.165, 1.54) is 18.2 Å². The number of H-pyrrole nitrogens is 1. The minimum absolute atomic E-state index is 0.152. The van der Waals surface area contributed by atoms with Crippen LogP contribution in [0.25, 0.3) is 0 Å². The first-order valence-electron chi connectivity index (χ1n) is 6.50. The van der Waals surface area contributed by atoms with E-state index in [-0.39, 0.29) is 23.6 Å². The zero-order valence-corrected chi connectivity index (χ0v) is 10.8. The number of aromatic amines is 1. The normalized spacial score (nSPS) is 14.2. The van der Waals surface area contributed by atoms with Crippen LogP contribution in [0.5, 0.6) is 0 Å². The summed E-state index contributed by atoms with van der Waals surface area (Å²) >= 11 is 0. The molecule has 0 aliphatic heterocycles. The lowest BCUT2D eigenvalue weighted by atomic mass is 10.2. The maximum absolute atomic E-state index is 13.2. The van der Waals surface area contributed by atoms with Crippen LogP contribution < -0.4 is 5.73 Å². The van der Waals surface area contributed by atoms with E-state index < -0.39 is 0 Å². The average Bonchev–Trinajstić information content (AvgIpc) is 3.17. The Labute approximate surface area is 115 Å². The molecule has 3 N–H and O–H groups in total. The molecule has 1 fully saturated rings. The second-order valence-corrected chi connectivity index (χ2v) is 5.00. The predicted octanol–water partition coefficient (Wildman–Crippen LogP) is 1.94. The van der Waals surface area contributed by atoms with Crippen molar-refractivity contribution in [2.75, 3.05) is 5.73 Å². The summed E-state index contributed by atoms with van der Waals surface area (Å²) in [7, 11) is 0. The Hall–Kier alpha value is -2.37. The molecule has 5 nitrogen and oxygen atoms in total. The molecule has 1 aromatic carbocycles. The average molecular weight is 274 g/mol. The van der Waals surface area contributed by atoms with E-state index >= 15 is 0 Å². The zero-order chi connectivity index (χ0) is 14.1. The van der Waals surface area contributed by atoms with Crippen molar-refractivity contribution >= 4 is 11.7 Å². The van der Waals surface area contributed by atoms with Crippen molar-refractivity contribution in [3.05, 3.63) is 47.4 Å². The number of rotatable bonds is 4. The van der Waals surface area contributed by atoms with Gasteiger partial charge < -0.3 is 10.6 Å². The monoisotopic (exact) mass is 274 g/mol. The third-order valence-corrected chi connectivity index (χ3v) is 3.32. The Kier molecular flexibility index (Phi) is 3.14. The fraction of sp³-hybridized carbons (Fsp3) is 0.286. The molecule has 3 rings (SSSR count). The highest BCUT2D eigenvalue weighted by Crippen LogP contribution is 2.29. The third kappa shape index (κ3) is 2.64. The van der Waals surface area contributed by atoms with Gasteiger partial charge in [0, 0.05) is 18.7 Å². The molecule has 0 bridgehead atoms. The molecule has 6 heteroatoms. The lowest BCUT2D eigenvalue weighted by molar-refractivity contribution is 0.0723. The quantitative estimate of drug-likeness (QED) is 0.894. The molecule has 1 aliphatic carbocycles. The van der Waals surface area contributed by atoms with E-state index in [1.54, 1.807) is 11.0 Å². The zero-order valence-electron chi connectivity index (χ0n) is 10.8. The molecule has 0 saturated heterocycles. The molecule has 1 amide bonds. The highest BCUT2D eigenvalue weighted by Gasteiger charge is 2.33. The number of hydrogen-bond donors (Lipinski definition) is 2. The van der Waals surface area contributed by atoms with Crippen LogP contribution >= 0.6 is 0 Å². The molecular weight excluding hydrogens is 259 g/mol. The number of nitrogens with two attached hydrogens (primary N) is 1. The van der Waals surface area contributed by atoms with Crippen molar-refractivity contribution in [3.63, 3.8) is 0 Å². The maximum Gasteiger partial charge on any atom is 0.272 e. The van der Waals surface area contributed by atoms with Crippen LogP contribution in [0.2, 0.25) is 0 Å². The van der Waals surface area contributed by atoms with Gasteiger partial charge in [-0.25, -0.2) is 4.39 Å². The summed E-state index contributed by atoms with van der Waals surface area (Å²) in [6.45, 7) is 0.389. The Bertz CT molecular complexity index is 636. The number of nitrogens with zero attached hydrogens (tertiary/aromatic N) is 2. The second-order valence-electron chi connectivity index (χ2n) is 5.00. The van der Waals surface area contributed by atoms with Crippen molar-refractivity contribution in [3.8, 4) is 0 Å². The van der Waals surface area contributed by atoms with Crippen LogP contribution in [0, 0.1) is 5.82 Å². The van der Waals surface area contributed by atoms with Gasteiger partial charge in [-0.05, 0) is 30.5 Å². The van der Waals surface area contributed by atoms with Crippen molar-refractivity contribution in [1.82, 2.24) is 15.1 Å². The van der Waals surface area contributed by atoms with Gasteiger partial charge >= 0.3 is 0 Å². The molecule has 0 unspecified atom stereocenters. The molecule has 20 heavy (non-hydrogen) atoms. The summed E-state index contributed by atoms with van der Waals surface area (Å²) in [5.41, 5.74) is 6.66. The van der Waals surface area contributed by atoms with Gasteiger partial charge in [0.25, 0.3) is 5.91 Å². The van der Waals surface area contributed by atoms with E-state index in [1.807, 2.05) is 6.07 Å². The molecule has 2 aromatic rings. The van der Waals surface area contributed by atoms with E-state index in [0.717, 1.165) is 18.4 Å². The number of benzene rings is 1. The second kappa shape index (κ2) is 4.96. The number of nitrogens with one attached hydrogen (secondary N) is 1. The number of nitrogen functional groups attached to an aromatic ring is 1. The first-order chi connectivity index (χ1) is 9.63. The SMILES string of the molecule is Nc1cc(C(=O)N(Cc2cccc(F)c2)C2CC2)[nH]n1. The fourth-order valence-corrected chi connectivity index (χ4v) is 2.19. The Morgan fingerprint density at radius 2 is 2.25 bits per heavy atom. The number of aromatic nitrogens is 2. The largest absolute Gasteiger partial charge is 0.382 e. The van der Waals surface area contributed by atoms with Gasteiger partial charge in [-0.3, -0.25) is 9.89 Å². The summed E-state index contributed by atoms with van der Waals surface area (Å²) in [6.07, 6.45) is 1.95. The van der Waals surface area contributed by atoms with Crippen LogP contribution in [0.15, 0.2) is 30.3 Å². The van der Waals surface area contributed by atoms with E-state index in [2.05, 4.69) is 10.2 Å². The number of anilines is 1. The summed E-state index contributed by atoms with van der Waals surface area (Å²) in [5, 5.41) is 6.39. The van der Waals surface area contributed by atoms with Crippen LogP contribution in [0.4, 0.5) is 10.2 Å². The minimum atomic E-state index is -0.295. The predicted molar refractivity (Wildman–Crippen MR) is 72.3 cm³/mol. The van der Waals surface area contributed by atoms with E-state index in [4.69, 9.17) is 5.73 Å². The number of carbonyl (C=O) groups excluding carboxylic acids is 1. The smallest absolute Gasteiger partial charge is 0.272 e. The van der Waals surface area contributed by atoms with Crippen molar-refractivity contribution in [1.29, 1.82) is 0 Å². The lowest BCUT2D eigenvalue weighted by Gasteiger charge is -2.21. The van der Waals surface area contributed by atoms with Gasteiger partial charge in [0.15, 0.2) is 0 Å². The van der Waals surface area contributed by atoms with E-state index in [0.29, 0.717) is 12.2 Å². The van der Waals surface area contributed by atoms with Crippen LogP contribution in [0.1, 0.15) is 28.9 Å². The summed E-state index contributed by atoms with van der Waals surface area (Å²) in [6, 6.07) is 8.03. The molecule has 0 radical (unpaired) electrons. The maximum atomic E-state index is 13.2. The van der Waals surface area contributed by atoms with Crippen LogP contribution in [0.3, 0.4) is 0 Å². The highest BCUT2D eigenvalue weighted by molar-refractivity contribution is 5.93. The molecular formula is C14H15FN4O. The first-order valence-corrected chi connectivity index (χ1v) is 6.50. The number of amides is 1. The van der Waals surface area contributed by atoms with Crippen molar-refractivity contribution in [2.45, 2.75) is 25.4 Å². The Balaban J connectivity index is 1.81. The van der Waals surface area contributed by atoms with Gasteiger partial charge in [-0.2, -0.15) is 5.10 Å². The molecule has 0 atom stereocenters. The Morgan fingerprint density at radius 1 is 1.45 bits per heavy atom. The van der Waals surface area contributed by atoms with Crippen molar-refractivity contribution < 1.29 is 9.18 Å². The van der Waals surface area contributed by atoms with Gasteiger partial charge in [-0.1, -0.05) is 12.1 Å². The molecule has 1 aromatic heterocycles. The van der Waals surface area contributed by atoms with Gasteiger partial charge in [-0.15, -0.1) is 0 Å².